The molecule has 0 amide bonds. The van der Waals surface area contributed by atoms with Gasteiger partial charge in [-0.1, -0.05) is 80.0 Å². The molecule has 0 atom stereocenters. The molecule has 0 bridgehead atoms. The fourth-order valence-corrected chi connectivity index (χ4v) is 5.02. The maximum Gasteiger partial charge on any atom is 0.183 e. The van der Waals surface area contributed by atoms with Crippen molar-refractivity contribution in [3.05, 3.63) is 88.4 Å². The monoisotopic (exact) mass is 533 g/mol. The molecule has 1 aromatic heterocycles. The number of thioether (sulfide) groups is 1. The molecule has 192 valence electrons. The summed E-state index contributed by atoms with van der Waals surface area (Å²) in [7, 11) is 1.88. The van der Waals surface area contributed by atoms with Gasteiger partial charge in [-0.25, -0.2) is 9.67 Å². The van der Waals surface area contributed by atoms with E-state index in [1.54, 1.807) is 16.4 Å². The van der Waals surface area contributed by atoms with E-state index in [9.17, 15) is 0 Å². The van der Waals surface area contributed by atoms with Crippen LogP contribution in [0.4, 0.5) is 0 Å². The van der Waals surface area contributed by atoms with Crippen LogP contribution in [0.25, 0.3) is 22.8 Å². The van der Waals surface area contributed by atoms with Gasteiger partial charge in [0, 0.05) is 34.4 Å². The first-order valence-electron chi connectivity index (χ1n) is 12.2. The summed E-state index contributed by atoms with van der Waals surface area (Å²) >= 11 is 8.17. The van der Waals surface area contributed by atoms with Crippen molar-refractivity contribution < 1.29 is 4.84 Å². The van der Waals surface area contributed by atoms with Crippen molar-refractivity contribution in [3.8, 4) is 22.8 Å². The van der Waals surface area contributed by atoms with Gasteiger partial charge in [0.15, 0.2) is 17.5 Å². The van der Waals surface area contributed by atoms with Crippen LogP contribution in [0.5, 0.6) is 0 Å². The Morgan fingerprint density at radius 1 is 1.05 bits per heavy atom. The predicted octanol–water partition coefficient (Wildman–Crippen LogP) is 7.05. The van der Waals surface area contributed by atoms with Crippen molar-refractivity contribution in [2.45, 2.75) is 43.8 Å². The quantitative estimate of drug-likeness (QED) is 0.114. The second-order valence-corrected chi connectivity index (χ2v) is 11.1. The number of aryl methyl sites for hydroxylation is 1. The van der Waals surface area contributed by atoms with Crippen LogP contribution < -0.4 is 5.73 Å². The number of nitrogens with two attached hydrogens (primary N) is 1. The molecule has 0 aliphatic heterocycles. The Morgan fingerprint density at radius 2 is 1.78 bits per heavy atom. The molecule has 0 radical (unpaired) electrons. The van der Waals surface area contributed by atoms with Crippen molar-refractivity contribution >= 4 is 29.2 Å². The highest BCUT2D eigenvalue weighted by Gasteiger charge is 2.18. The second-order valence-electron chi connectivity index (χ2n) is 9.70. The molecule has 4 aromatic rings. The smallest absolute Gasteiger partial charge is 0.183 e. The average Bonchev–Trinajstić information content (AvgIpc) is 3.27. The van der Waals surface area contributed by atoms with Gasteiger partial charge in [-0.05, 0) is 47.7 Å². The van der Waals surface area contributed by atoms with Gasteiger partial charge >= 0.3 is 0 Å². The van der Waals surface area contributed by atoms with E-state index >= 15 is 0 Å². The van der Waals surface area contributed by atoms with Crippen molar-refractivity contribution in [2.75, 3.05) is 6.61 Å². The van der Waals surface area contributed by atoms with Crippen LogP contribution in [-0.4, -0.2) is 27.2 Å². The van der Waals surface area contributed by atoms with Crippen LogP contribution in [0.3, 0.4) is 0 Å². The molecule has 6 nitrogen and oxygen atoms in total. The van der Waals surface area contributed by atoms with E-state index in [-0.39, 0.29) is 5.41 Å². The highest BCUT2D eigenvalue weighted by molar-refractivity contribution is 7.98. The normalized spacial score (nSPS) is 12.1. The molecule has 3 aromatic carbocycles. The minimum absolute atomic E-state index is 0.127. The van der Waals surface area contributed by atoms with Gasteiger partial charge in [-0.15, -0.1) is 11.8 Å². The molecule has 0 aliphatic rings. The third-order valence-electron chi connectivity index (χ3n) is 5.90. The number of nitrogens with zero attached hydrogens (tertiary/aromatic N) is 4. The molecular formula is C29H32ClN5OS. The van der Waals surface area contributed by atoms with Crippen molar-refractivity contribution in [1.29, 1.82) is 0 Å². The Bertz CT molecular complexity index is 1410. The molecule has 0 fully saturated rings. The lowest BCUT2D eigenvalue weighted by atomic mass is 9.87. The molecule has 4 rings (SSSR count). The molecule has 37 heavy (non-hydrogen) atoms. The number of amidine groups is 1. The van der Waals surface area contributed by atoms with Crippen LogP contribution in [-0.2, 0) is 23.1 Å². The van der Waals surface area contributed by atoms with Crippen molar-refractivity contribution in [3.63, 3.8) is 0 Å². The third-order valence-corrected chi connectivity index (χ3v) is 7.37. The number of oxime groups is 1. The van der Waals surface area contributed by atoms with Crippen molar-refractivity contribution in [1.82, 2.24) is 14.8 Å². The van der Waals surface area contributed by atoms with Gasteiger partial charge in [-0.3, -0.25) is 0 Å². The van der Waals surface area contributed by atoms with Gasteiger partial charge in [0.05, 0.1) is 5.02 Å². The SMILES string of the molecule is CCO/N=C(\N)c1ccc(SCc2ccc(C(C)(C)C)cc2)c(-c2nc(-c3ccccc3Cl)nn2C)c1. The minimum atomic E-state index is 0.127. The van der Waals surface area contributed by atoms with E-state index in [0.29, 0.717) is 29.1 Å². The van der Waals surface area contributed by atoms with Crippen LogP contribution in [0.2, 0.25) is 5.02 Å². The van der Waals surface area contributed by atoms with E-state index < -0.39 is 0 Å². The summed E-state index contributed by atoms with van der Waals surface area (Å²) in [6.07, 6.45) is 0. The first kappa shape index (κ1) is 26.8. The zero-order chi connectivity index (χ0) is 26.6. The fourth-order valence-electron chi connectivity index (χ4n) is 3.81. The molecule has 8 heteroatoms. The number of hydrogen-bond acceptors (Lipinski definition) is 5. The highest BCUT2D eigenvalue weighted by Crippen LogP contribution is 2.35. The number of rotatable bonds is 8. The zero-order valence-electron chi connectivity index (χ0n) is 21.8. The molecule has 0 saturated carbocycles. The largest absolute Gasteiger partial charge is 0.394 e. The third kappa shape index (κ3) is 6.35. The zero-order valence-corrected chi connectivity index (χ0v) is 23.4. The summed E-state index contributed by atoms with van der Waals surface area (Å²) in [5.41, 5.74) is 11.4. The predicted molar refractivity (Wildman–Crippen MR) is 154 cm³/mol. The Hall–Kier alpha value is -3.29. The number of halogens is 1. The molecule has 0 spiro atoms. The summed E-state index contributed by atoms with van der Waals surface area (Å²) in [5, 5.41) is 9.28. The number of hydrogen-bond donors (Lipinski definition) is 1. The minimum Gasteiger partial charge on any atom is -0.394 e. The van der Waals surface area contributed by atoms with Crippen LogP contribution >= 0.6 is 23.4 Å². The first-order chi connectivity index (χ1) is 17.7. The van der Waals surface area contributed by atoms with Gasteiger partial charge in [0.1, 0.15) is 6.61 Å². The average molecular weight is 534 g/mol. The first-order valence-corrected chi connectivity index (χ1v) is 13.5. The Labute approximate surface area is 227 Å². The van der Waals surface area contributed by atoms with Crippen LogP contribution in [0.1, 0.15) is 44.4 Å². The standard InChI is InChI=1S/C29H32ClN5OS/c1-6-36-34-26(31)20-13-16-25(37-18-19-11-14-21(15-12-19)29(2,3)4)23(17-20)28-32-27(33-35(28)5)22-9-7-8-10-24(22)30/h7-17H,6,18H2,1-5H3,(H2,31,34). The van der Waals surface area contributed by atoms with Gasteiger partial charge < -0.3 is 10.6 Å². The molecular weight excluding hydrogens is 502 g/mol. The Balaban J connectivity index is 1.71. The van der Waals surface area contributed by atoms with Gasteiger partial charge in [-0.2, -0.15) is 5.10 Å². The molecule has 0 saturated heterocycles. The summed E-state index contributed by atoms with van der Waals surface area (Å²) in [6, 6.07) is 22.4. The van der Waals surface area contributed by atoms with Crippen LogP contribution in [0, 0.1) is 0 Å². The van der Waals surface area contributed by atoms with Gasteiger partial charge in [0.25, 0.3) is 0 Å². The molecule has 1 heterocycles. The van der Waals surface area contributed by atoms with E-state index in [2.05, 4.69) is 61.4 Å². The molecule has 2 N–H and O–H groups in total. The molecule has 0 aliphatic carbocycles. The molecule has 0 unspecified atom stereocenters. The lowest BCUT2D eigenvalue weighted by Gasteiger charge is -2.19. The van der Waals surface area contributed by atoms with E-state index in [1.807, 2.05) is 50.4 Å². The summed E-state index contributed by atoms with van der Waals surface area (Å²) in [6.45, 7) is 8.99. The maximum absolute atomic E-state index is 6.43. The Morgan fingerprint density at radius 3 is 2.46 bits per heavy atom. The number of aromatic nitrogens is 3. The Kier molecular flexibility index (Phi) is 8.25. The fraction of sp³-hybridized carbons (Fsp3) is 0.276. The maximum atomic E-state index is 6.43. The second kappa shape index (κ2) is 11.4. The summed E-state index contributed by atoms with van der Waals surface area (Å²) in [4.78, 5) is 11.1. The van der Waals surface area contributed by atoms with E-state index in [0.717, 1.165) is 27.3 Å². The topological polar surface area (TPSA) is 78.3 Å². The van der Waals surface area contributed by atoms with Crippen molar-refractivity contribution in [2.24, 2.45) is 17.9 Å². The highest BCUT2D eigenvalue weighted by atomic mass is 35.5. The van der Waals surface area contributed by atoms with E-state index in [4.69, 9.17) is 27.2 Å². The lowest BCUT2D eigenvalue weighted by Crippen LogP contribution is -2.14. The van der Waals surface area contributed by atoms with Gasteiger partial charge in [0.2, 0.25) is 0 Å². The summed E-state index contributed by atoms with van der Waals surface area (Å²) < 4.78 is 1.77. The lowest BCUT2D eigenvalue weighted by molar-refractivity contribution is 0.158. The van der Waals surface area contributed by atoms with Crippen LogP contribution in [0.15, 0.2) is 76.8 Å². The number of benzene rings is 3. The van der Waals surface area contributed by atoms with E-state index in [1.165, 1.54) is 11.1 Å². The summed E-state index contributed by atoms with van der Waals surface area (Å²) in [5.74, 6) is 2.41.